The maximum absolute atomic E-state index is 11.2. The SMILES string of the molecule is CC(=O)N[C@H]1C([C@H](O)[C@H](O)CO)O[C@@](C)(C(=O)[O-])C[C@@H]1O.[Na+]. The molecule has 10 heteroatoms. The zero-order valence-electron chi connectivity index (χ0n) is 12.7. The number of rotatable bonds is 5. The Kier molecular flexibility index (Phi) is 8.45. The van der Waals surface area contributed by atoms with Gasteiger partial charge in [-0.25, -0.2) is 0 Å². The van der Waals surface area contributed by atoms with Crippen LogP contribution in [0, 0.1) is 0 Å². The second-order valence-electron chi connectivity index (χ2n) is 5.34. The predicted octanol–water partition coefficient (Wildman–Crippen LogP) is -7.13. The van der Waals surface area contributed by atoms with E-state index in [1.54, 1.807) is 0 Å². The third-order valence-electron chi connectivity index (χ3n) is 3.48. The molecule has 1 aliphatic rings. The number of carbonyl (C=O) groups excluding carboxylic acids is 2. The molecule has 6 atom stereocenters. The number of carbonyl (C=O) groups is 2. The molecule has 0 aromatic rings. The summed E-state index contributed by atoms with van der Waals surface area (Å²) in [6.07, 6.45) is -6.46. The van der Waals surface area contributed by atoms with Crippen molar-refractivity contribution < 1.29 is 69.4 Å². The van der Waals surface area contributed by atoms with Gasteiger partial charge in [0.1, 0.15) is 23.9 Å². The summed E-state index contributed by atoms with van der Waals surface area (Å²) in [4.78, 5) is 22.3. The Hall–Kier alpha value is -0.260. The van der Waals surface area contributed by atoms with Crippen molar-refractivity contribution in [1.82, 2.24) is 5.32 Å². The smallest absolute Gasteiger partial charge is 0.547 e. The number of carboxylic acids is 1. The molecule has 0 aliphatic carbocycles. The molecular weight excluding hydrogens is 309 g/mol. The van der Waals surface area contributed by atoms with Gasteiger partial charge in [0.15, 0.2) is 0 Å². The van der Waals surface area contributed by atoms with Crippen molar-refractivity contribution in [3.05, 3.63) is 0 Å². The second kappa shape index (κ2) is 8.55. The topological polar surface area (TPSA) is 159 Å². The van der Waals surface area contributed by atoms with Crippen LogP contribution in [0.2, 0.25) is 0 Å². The molecule has 1 heterocycles. The number of ether oxygens (including phenoxy) is 1. The van der Waals surface area contributed by atoms with E-state index < -0.39 is 54.5 Å². The standard InChI is InChI=1S/C12H21NO8.Na/c1-5(15)13-8-6(16)3-12(2,11(19)20)21-10(8)9(18)7(17)4-14;/h6-10,14,16-18H,3-4H2,1-2H3,(H,13,15)(H,19,20);/q;+1/p-1/t6-,7+,8+,9+,10?,12+;/m0./s1. The van der Waals surface area contributed by atoms with Gasteiger partial charge in [0.05, 0.1) is 24.7 Å². The number of aliphatic hydroxyl groups excluding tert-OH is 4. The van der Waals surface area contributed by atoms with E-state index in [0.717, 1.165) is 6.92 Å². The van der Waals surface area contributed by atoms with Crippen molar-refractivity contribution in [1.29, 1.82) is 0 Å². The average Bonchev–Trinajstić information content (AvgIpc) is 2.39. The first-order valence-corrected chi connectivity index (χ1v) is 6.44. The fourth-order valence-corrected chi connectivity index (χ4v) is 2.32. The van der Waals surface area contributed by atoms with Gasteiger partial charge in [-0.2, -0.15) is 0 Å². The predicted molar refractivity (Wildman–Crippen MR) is 65.6 cm³/mol. The fraction of sp³-hybridized carbons (Fsp3) is 0.833. The monoisotopic (exact) mass is 329 g/mol. The number of aliphatic hydroxyl groups is 4. The first-order valence-electron chi connectivity index (χ1n) is 6.44. The molecule has 1 saturated heterocycles. The third-order valence-corrected chi connectivity index (χ3v) is 3.48. The number of amides is 1. The van der Waals surface area contributed by atoms with Gasteiger partial charge in [-0.05, 0) is 6.92 Å². The molecule has 0 aromatic carbocycles. The maximum atomic E-state index is 11.2. The summed E-state index contributed by atoms with van der Waals surface area (Å²) in [5.74, 6) is -2.13. The number of hydrogen-bond acceptors (Lipinski definition) is 8. The molecule has 5 N–H and O–H groups in total. The van der Waals surface area contributed by atoms with Gasteiger partial charge >= 0.3 is 29.6 Å². The number of carboxylic acid groups (broad SMARTS) is 1. The summed E-state index contributed by atoms with van der Waals surface area (Å²) in [5.41, 5.74) is -1.89. The van der Waals surface area contributed by atoms with Crippen LogP contribution in [0.4, 0.5) is 0 Å². The summed E-state index contributed by atoms with van der Waals surface area (Å²) in [6.45, 7) is 1.53. The van der Waals surface area contributed by atoms with E-state index in [-0.39, 0.29) is 36.0 Å². The van der Waals surface area contributed by atoms with Gasteiger partial charge in [-0.15, -0.1) is 0 Å². The molecule has 1 aliphatic heterocycles. The van der Waals surface area contributed by atoms with Crippen LogP contribution in [0.25, 0.3) is 0 Å². The van der Waals surface area contributed by atoms with Crippen molar-refractivity contribution >= 4 is 11.9 Å². The van der Waals surface area contributed by atoms with Gasteiger partial charge < -0.3 is 40.4 Å². The molecule has 22 heavy (non-hydrogen) atoms. The molecule has 1 amide bonds. The van der Waals surface area contributed by atoms with E-state index in [0.29, 0.717) is 0 Å². The van der Waals surface area contributed by atoms with Crippen LogP contribution in [0.1, 0.15) is 20.3 Å². The summed E-state index contributed by atoms with van der Waals surface area (Å²) in [7, 11) is 0. The Bertz CT molecular complexity index is 409. The molecule has 0 bridgehead atoms. The van der Waals surface area contributed by atoms with Gasteiger partial charge in [0.25, 0.3) is 0 Å². The Morgan fingerprint density at radius 3 is 2.41 bits per heavy atom. The van der Waals surface area contributed by atoms with Crippen LogP contribution in [0.15, 0.2) is 0 Å². The molecular formula is C12H20NNaO8. The van der Waals surface area contributed by atoms with E-state index in [9.17, 15) is 30.0 Å². The summed E-state index contributed by atoms with van der Waals surface area (Å²) >= 11 is 0. The Balaban J connectivity index is 0.00000441. The molecule has 1 rings (SSSR count). The maximum Gasteiger partial charge on any atom is 1.00 e. The van der Waals surface area contributed by atoms with Crippen LogP contribution >= 0.6 is 0 Å². The molecule has 0 radical (unpaired) electrons. The molecule has 1 unspecified atom stereocenters. The summed E-state index contributed by atoms with van der Waals surface area (Å²) < 4.78 is 5.25. The van der Waals surface area contributed by atoms with Crippen molar-refractivity contribution in [2.75, 3.05) is 6.61 Å². The van der Waals surface area contributed by atoms with Crippen molar-refractivity contribution in [2.45, 2.75) is 56.3 Å². The number of aliphatic carboxylic acids is 1. The van der Waals surface area contributed by atoms with Gasteiger partial charge in [-0.1, -0.05) is 0 Å². The first kappa shape index (κ1) is 21.7. The molecule has 122 valence electrons. The van der Waals surface area contributed by atoms with E-state index in [2.05, 4.69) is 5.32 Å². The number of hydrogen-bond donors (Lipinski definition) is 5. The fourth-order valence-electron chi connectivity index (χ4n) is 2.32. The van der Waals surface area contributed by atoms with Crippen LogP contribution in [0.5, 0.6) is 0 Å². The van der Waals surface area contributed by atoms with Crippen LogP contribution < -0.4 is 40.0 Å². The first-order chi connectivity index (χ1) is 9.62. The average molecular weight is 329 g/mol. The molecule has 9 nitrogen and oxygen atoms in total. The zero-order chi connectivity index (χ0) is 16.4. The Labute approximate surface area is 149 Å². The van der Waals surface area contributed by atoms with E-state index >= 15 is 0 Å². The van der Waals surface area contributed by atoms with Crippen LogP contribution in [-0.4, -0.2) is 75.0 Å². The van der Waals surface area contributed by atoms with Crippen molar-refractivity contribution in [3.8, 4) is 0 Å². The van der Waals surface area contributed by atoms with E-state index in [1.807, 2.05) is 0 Å². The van der Waals surface area contributed by atoms with Crippen LogP contribution in [-0.2, 0) is 14.3 Å². The zero-order valence-corrected chi connectivity index (χ0v) is 14.7. The molecule has 0 spiro atoms. The van der Waals surface area contributed by atoms with E-state index in [1.165, 1.54) is 6.92 Å². The quantitative estimate of drug-likeness (QED) is 0.311. The summed E-state index contributed by atoms with van der Waals surface area (Å²) in [5, 5.41) is 51.8. The second-order valence-corrected chi connectivity index (χ2v) is 5.34. The Morgan fingerprint density at radius 2 is 2.00 bits per heavy atom. The molecule has 0 aromatic heterocycles. The van der Waals surface area contributed by atoms with Crippen molar-refractivity contribution in [3.63, 3.8) is 0 Å². The summed E-state index contributed by atoms with van der Waals surface area (Å²) in [6, 6.07) is -1.13. The molecule has 0 saturated carbocycles. The van der Waals surface area contributed by atoms with E-state index in [4.69, 9.17) is 9.84 Å². The van der Waals surface area contributed by atoms with Gasteiger partial charge in [0.2, 0.25) is 5.91 Å². The normalized spacial score (nSPS) is 34.2. The minimum absolute atomic E-state index is 0. The third kappa shape index (κ3) is 4.87. The molecule has 1 fully saturated rings. The minimum atomic E-state index is -1.89. The largest absolute Gasteiger partial charge is 1.00 e. The van der Waals surface area contributed by atoms with Gasteiger partial charge in [0, 0.05) is 13.3 Å². The minimum Gasteiger partial charge on any atom is -0.547 e. The Morgan fingerprint density at radius 1 is 1.45 bits per heavy atom. The van der Waals surface area contributed by atoms with Gasteiger partial charge in [-0.3, -0.25) is 4.79 Å². The number of nitrogens with one attached hydrogen (secondary N) is 1. The van der Waals surface area contributed by atoms with Crippen LogP contribution in [0.3, 0.4) is 0 Å². The van der Waals surface area contributed by atoms with Crippen molar-refractivity contribution in [2.24, 2.45) is 0 Å².